The van der Waals surface area contributed by atoms with Crippen molar-refractivity contribution < 1.29 is 43.8 Å². The lowest BCUT2D eigenvalue weighted by Crippen LogP contribution is -2.59. The fourth-order valence-corrected chi connectivity index (χ4v) is 4.06. The lowest BCUT2D eigenvalue weighted by molar-refractivity contribution is -0.141. The van der Waals surface area contributed by atoms with Gasteiger partial charge in [0.2, 0.25) is 29.5 Å². The number of aliphatic carboxylic acids is 2. The Labute approximate surface area is 276 Å². The van der Waals surface area contributed by atoms with E-state index in [1.54, 1.807) is 0 Å². The minimum atomic E-state index is -1.73. The van der Waals surface area contributed by atoms with Gasteiger partial charge in [0, 0.05) is 13.1 Å². The molecule has 0 aromatic carbocycles. The highest BCUT2D eigenvalue weighted by Gasteiger charge is 2.33. The monoisotopic (exact) mass is 687 g/mol. The number of hydrogen-bond acceptors (Lipinski definition) is 11. The number of primary amides is 1. The summed E-state index contributed by atoms with van der Waals surface area (Å²) >= 11 is 0. The molecule has 48 heavy (non-hydrogen) atoms. The van der Waals surface area contributed by atoms with Gasteiger partial charge in [0.05, 0.1) is 18.9 Å². The molecule has 272 valence electrons. The molecular weight excluding hydrogens is 638 g/mol. The molecule has 22 nitrogen and oxygen atoms in total. The van der Waals surface area contributed by atoms with Crippen molar-refractivity contribution in [2.75, 3.05) is 19.6 Å². The third-order valence-corrected chi connectivity index (χ3v) is 6.51. The Kier molecular flexibility index (Phi) is 20.6. The van der Waals surface area contributed by atoms with Crippen LogP contribution in [0.25, 0.3) is 0 Å². The average Bonchev–Trinajstić information content (AvgIpc) is 2.98. The Balaban J connectivity index is 5.86. The first-order valence-corrected chi connectivity index (χ1v) is 15.0. The highest BCUT2D eigenvalue weighted by molar-refractivity contribution is 5.97. The minimum Gasteiger partial charge on any atom is -0.481 e. The van der Waals surface area contributed by atoms with Crippen molar-refractivity contribution in [3.05, 3.63) is 0 Å². The van der Waals surface area contributed by atoms with E-state index in [4.69, 9.17) is 40.1 Å². The van der Waals surface area contributed by atoms with Crippen LogP contribution in [0.15, 0.2) is 9.98 Å². The number of carbonyl (C=O) groups excluding carboxylic acids is 5. The quantitative estimate of drug-likeness (QED) is 0.0241. The lowest BCUT2D eigenvalue weighted by Gasteiger charge is -2.26. The highest BCUT2D eigenvalue weighted by Crippen LogP contribution is 2.07. The number of hydrogen-bond donors (Lipinski definition) is 13. The summed E-state index contributed by atoms with van der Waals surface area (Å²) in [5.74, 6) is -8.23. The number of unbranched alkanes of at least 4 members (excludes halogenated alkanes) is 1. The first-order valence-electron chi connectivity index (χ1n) is 15.0. The summed E-state index contributed by atoms with van der Waals surface area (Å²) in [4.78, 5) is 94.6. The Bertz CT molecular complexity index is 1170. The zero-order chi connectivity index (χ0) is 36.8. The first kappa shape index (κ1) is 42.8. The SMILES string of the molecule is NCCCC[C@H](NC(=O)[C@H](CC(=O)O)NC(=O)[C@@H](N)CCCN=C(N)N)C(=O)N[C@@H](CC(=O)O)C(=O)N[C@@H](CCCN=C(N)N)C(N)=O. The molecule has 0 rings (SSSR count). The molecule has 0 radical (unpaired) electrons. The van der Waals surface area contributed by atoms with Crippen molar-refractivity contribution in [2.24, 2.45) is 50.1 Å². The Hall–Kier alpha value is -5.25. The molecule has 5 amide bonds. The first-order chi connectivity index (χ1) is 22.5. The second-order valence-electron chi connectivity index (χ2n) is 10.6. The maximum atomic E-state index is 13.3. The smallest absolute Gasteiger partial charge is 0.305 e. The van der Waals surface area contributed by atoms with E-state index >= 15 is 0 Å². The van der Waals surface area contributed by atoms with Crippen LogP contribution in [0.5, 0.6) is 0 Å². The summed E-state index contributed by atoms with van der Waals surface area (Å²) < 4.78 is 0. The van der Waals surface area contributed by atoms with Gasteiger partial charge in [-0.05, 0) is 51.5 Å². The number of aliphatic imine (C=N–C) groups is 2. The topological polar surface area (TPSA) is 415 Å². The second-order valence-corrected chi connectivity index (χ2v) is 10.6. The molecule has 0 saturated carbocycles. The van der Waals surface area contributed by atoms with E-state index in [0.29, 0.717) is 12.8 Å². The predicted octanol–water partition coefficient (Wildman–Crippen LogP) is -6.08. The van der Waals surface area contributed by atoms with Crippen molar-refractivity contribution >= 4 is 53.4 Å². The van der Waals surface area contributed by atoms with Gasteiger partial charge >= 0.3 is 11.9 Å². The van der Waals surface area contributed by atoms with Crippen LogP contribution >= 0.6 is 0 Å². The van der Waals surface area contributed by atoms with E-state index in [1.165, 1.54) is 0 Å². The minimum absolute atomic E-state index is 0.0139. The Morgan fingerprint density at radius 1 is 0.542 bits per heavy atom. The van der Waals surface area contributed by atoms with E-state index < -0.39 is 84.5 Å². The van der Waals surface area contributed by atoms with Crippen LogP contribution in [0.2, 0.25) is 0 Å². The summed E-state index contributed by atoms with van der Waals surface area (Å²) in [7, 11) is 0. The molecule has 0 spiro atoms. The number of nitrogens with two attached hydrogens (primary N) is 7. The van der Waals surface area contributed by atoms with E-state index in [2.05, 4.69) is 31.3 Å². The number of amides is 5. The maximum Gasteiger partial charge on any atom is 0.305 e. The molecule has 0 heterocycles. The number of carboxylic acid groups (broad SMARTS) is 2. The number of nitrogens with one attached hydrogen (secondary N) is 4. The van der Waals surface area contributed by atoms with Crippen LogP contribution in [0.1, 0.15) is 57.8 Å². The highest BCUT2D eigenvalue weighted by atomic mass is 16.4. The molecule has 5 atom stereocenters. The van der Waals surface area contributed by atoms with Gasteiger partial charge in [0.25, 0.3) is 0 Å². The summed E-state index contributed by atoms with van der Waals surface area (Å²) in [5, 5.41) is 27.9. The summed E-state index contributed by atoms with van der Waals surface area (Å²) in [5.41, 5.74) is 37.7. The number of guanidine groups is 2. The summed E-state index contributed by atoms with van der Waals surface area (Å²) in [6.45, 7) is 0.504. The fourth-order valence-electron chi connectivity index (χ4n) is 4.06. The van der Waals surface area contributed by atoms with Crippen molar-refractivity contribution in [3.8, 4) is 0 Å². The van der Waals surface area contributed by atoms with Crippen LogP contribution in [0, 0.1) is 0 Å². The second kappa shape index (κ2) is 23.1. The lowest BCUT2D eigenvalue weighted by atomic mass is 10.0. The van der Waals surface area contributed by atoms with Crippen molar-refractivity contribution in [1.29, 1.82) is 0 Å². The van der Waals surface area contributed by atoms with Crippen LogP contribution in [0.4, 0.5) is 0 Å². The molecule has 0 saturated heterocycles. The molecule has 0 fully saturated rings. The number of rotatable bonds is 25. The zero-order valence-electron chi connectivity index (χ0n) is 26.6. The van der Waals surface area contributed by atoms with E-state index in [9.17, 15) is 43.8 Å². The summed E-state index contributed by atoms with van der Waals surface area (Å²) in [6, 6.07) is -7.25. The average molecular weight is 688 g/mol. The molecule has 0 aliphatic carbocycles. The fraction of sp³-hybridized carbons (Fsp3) is 0.654. The van der Waals surface area contributed by atoms with Gasteiger partial charge < -0.3 is 71.6 Å². The standard InChI is InChI=1S/C26H49N13O9/c27-8-2-1-6-15(37-24(48)16(11-18(40)41)38-21(45)13(28)5-3-9-34-25(30)31)22(46)39-17(12-19(42)43)23(47)36-14(20(29)44)7-4-10-35-26(32)33/h13-17H,1-12,27-28H2,(H2,29,44)(H,36,47)(H,37,48)(H,38,45)(H,39,46)(H,40,41)(H,42,43)(H4,30,31,34)(H4,32,33,35)/t13-,14-,15-,16-,17-/m0/s1. The summed E-state index contributed by atoms with van der Waals surface area (Å²) in [6.07, 6.45) is -0.583. The van der Waals surface area contributed by atoms with Crippen molar-refractivity contribution in [2.45, 2.75) is 88.0 Å². The van der Waals surface area contributed by atoms with Gasteiger partial charge in [0.15, 0.2) is 11.9 Å². The largest absolute Gasteiger partial charge is 0.481 e. The molecule has 0 aromatic rings. The van der Waals surface area contributed by atoms with Crippen molar-refractivity contribution in [1.82, 2.24) is 21.3 Å². The molecule has 0 aliphatic heterocycles. The number of nitrogens with zero attached hydrogens (tertiary/aromatic N) is 2. The molecule has 0 aliphatic rings. The van der Waals surface area contributed by atoms with Gasteiger partial charge in [0.1, 0.15) is 24.2 Å². The van der Waals surface area contributed by atoms with Crippen LogP contribution in [0.3, 0.4) is 0 Å². The van der Waals surface area contributed by atoms with Gasteiger partial charge in [-0.3, -0.25) is 43.5 Å². The van der Waals surface area contributed by atoms with Crippen LogP contribution < -0.4 is 61.4 Å². The molecular formula is C26H49N13O9. The third kappa shape index (κ3) is 19.3. The Morgan fingerprint density at radius 2 is 0.938 bits per heavy atom. The predicted molar refractivity (Wildman–Crippen MR) is 172 cm³/mol. The van der Waals surface area contributed by atoms with E-state index in [-0.39, 0.29) is 63.7 Å². The number of carbonyl (C=O) groups is 7. The van der Waals surface area contributed by atoms with E-state index in [0.717, 1.165) is 0 Å². The maximum absolute atomic E-state index is 13.3. The van der Waals surface area contributed by atoms with Gasteiger partial charge in [-0.1, -0.05) is 0 Å². The van der Waals surface area contributed by atoms with E-state index in [1.807, 2.05) is 0 Å². The molecule has 0 unspecified atom stereocenters. The zero-order valence-corrected chi connectivity index (χ0v) is 26.6. The molecule has 20 N–H and O–H groups in total. The normalized spacial score (nSPS) is 13.7. The Morgan fingerprint density at radius 3 is 1.38 bits per heavy atom. The molecule has 0 aromatic heterocycles. The van der Waals surface area contributed by atoms with Crippen LogP contribution in [-0.2, 0) is 33.6 Å². The van der Waals surface area contributed by atoms with Gasteiger partial charge in [-0.2, -0.15) is 0 Å². The van der Waals surface area contributed by atoms with Gasteiger partial charge in [-0.15, -0.1) is 0 Å². The third-order valence-electron chi connectivity index (χ3n) is 6.51. The molecule has 0 bridgehead atoms. The van der Waals surface area contributed by atoms with Gasteiger partial charge in [-0.25, -0.2) is 0 Å². The molecule has 22 heteroatoms. The van der Waals surface area contributed by atoms with Crippen molar-refractivity contribution in [3.63, 3.8) is 0 Å². The van der Waals surface area contributed by atoms with Crippen LogP contribution in [-0.4, -0.2) is 113 Å². The number of carboxylic acids is 2.